The van der Waals surface area contributed by atoms with Crippen LogP contribution in [0.1, 0.15) is 19.6 Å². The van der Waals surface area contributed by atoms with Gasteiger partial charge in [-0.15, -0.1) is 0 Å². The number of rotatable bonds is 2. The number of hydrogen-bond donors (Lipinski definition) is 0. The van der Waals surface area contributed by atoms with Crippen molar-refractivity contribution in [2.24, 2.45) is 0 Å². The average molecular weight is 220 g/mol. The highest BCUT2D eigenvalue weighted by Gasteiger charge is 2.10. The maximum absolute atomic E-state index is 12.8. The van der Waals surface area contributed by atoms with Gasteiger partial charge in [-0.1, -0.05) is 13.0 Å². The third kappa shape index (κ3) is 2.97. The molecule has 1 heterocycles. The van der Waals surface area contributed by atoms with Crippen LogP contribution < -0.4 is 21.5 Å². The van der Waals surface area contributed by atoms with E-state index in [0.717, 1.165) is 0 Å². The van der Waals surface area contributed by atoms with Gasteiger partial charge in [0.1, 0.15) is 0 Å². The summed E-state index contributed by atoms with van der Waals surface area (Å²) >= 11 is 0. The van der Waals surface area contributed by atoms with E-state index in [1.807, 2.05) is 25.1 Å². The van der Waals surface area contributed by atoms with Crippen molar-refractivity contribution in [1.29, 1.82) is 0 Å². The Hall–Kier alpha value is -0.440. The molecule has 1 rings (SSSR count). The molecule has 0 radical (unpaired) electrons. The van der Waals surface area contributed by atoms with Crippen molar-refractivity contribution in [3.63, 3.8) is 0 Å². The number of halogens is 2. The zero-order valence-electron chi connectivity index (χ0n) is 6.37. The highest BCUT2D eigenvalue weighted by Crippen LogP contribution is 2.00. The van der Waals surface area contributed by atoms with Crippen molar-refractivity contribution >= 4 is 0 Å². The minimum absolute atomic E-state index is 0. The predicted molar refractivity (Wildman–Crippen MR) is 37.1 cm³/mol. The van der Waals surface area contributed by atoms with Crippen molar-refractivity contribution in [3.8, 4) is 0 Å². The van der Waals surface area contributed by atoms with Gasteiger partial charge >= 0.3 is 0 Å². The van der Waals surface area contributed by atoms with Crippen LogP contribution in [0.4, 0.5) is 4.39 Å². The van der Waals surface area contributed by atoms with E-state index in [9.17, 15) is 4.39 Å². The normalized spacial score (nSPS) is 11.8. The zero-order valence-corrected chi connectivity index (χ0v) is 7.96. The molecule has 1 nitrogen and oxygen atoms in total. The maximum Gasteiger partial charge on any atom is 0.298 e. The van der Waals surface area contributed by atoms with Crippen LogP contribution in [0.25, 0.3) is 0 Å². The van der Waals surface area contributed by atoms with Gasteiger partial charge in [0.05, 0.1) is 0 Å². The average Bonchev–Trinajstić information content (AvgIpc) is 2.05. The van der Waals surface area contributed by atoms with Crippen LogP contribution in [-0.2, 0) is 0 Å². The van der Waals surface area contributed by atoms with E-state index < -0.39 is 6.30 Å². The third-order valence-corrected chi connectivity index (χ3v) is 1.40. The molecule has 1 atom stereocenters. The highest BCUT2D eigenvalue weighted by molar-refractivity contribution is 4.83. The van der Waals surface area contributed by atoms with Gasteiger partial charge in [-0.3, -0.25) is 0 Å². The first-order chi connectivity index (χ1) is 4.84. The fourth-order valence-corrected chi connectivity index (χ4v) is 0.810. The summed E-state index contributed by atoms with van der Waals surface area (Å²) in [7, 11) is 0. The van der Waals surface area contributed by atoms with E-state index in [2.05, 4.69) is 0 Å². The Bertz CT molecular complexity index is 191. The summed E-state index contributed by atoms with van der Waals surface area (Å²) in [5.41, 5.74) is 0. The first kappa shape index (κ1) is 10.6. The Balaban J connectivity index is 0.000001000. The largest absolute Gasteiger partial charge is 1.00 e. The van der Waals surface area contributed by atoms with Gasteiger partial charge in [0, 0.05) is 18.6 Å². The molecule has 1 aromatic heterocycles. The zero-order chi connectivity index (χ0) is 7.40. The molecule has 1 unspecified atom stereocenters. The number of alkyl halides is 1. The van der Waals surface area contributed by atoms with Crippen LogP contribution in [0.15, 0.2) is 30.6 Å². The molecule has 0 N–H and O–H groups in total. The van der Waals surface area contributed by atoms with Gasteiger partial charge < -0.3 is 17.0 Å². The second-order valence-corrected chi connectivity index (χ2v) is 2.17. The predicted octanol–water partition coefficient (Wildman–Crippen LogP) is -1.14. The van der Waals surface area contributed by atoms with Crippen LogP contribution in [0.5, 0.6) is 0 Å². The van der Waals surface area contributed by atoms with Gasteiger partial charge in [0.15, 0.2) is 12.4 Å². The topological polar surface area (TPSA) is 3.88 Å². The Labute approximate surface area is 76.6 Å². The third-order valence-electron chi connectivity index (χ3n) is 1.40. The molecule has 1 aromatic rings. The van der Waals surface area contributed by atoms with E-state index in [1.165, 1.54) is 0 Å². The maximum atomic E-state index is 12.8. The summed E-state index contributed by atoms with van der Waals surface area (Å²) in [5.74, 6) is 0. The quantitative estimate of drug-likeness (QED) is 0.554. The second-order valence-electron chi connectivity index (χ2n) is 2.17. The van der Waals surface area contributed by atoms with Crippen molar-refractivity contribution in [2.45, 2.75) is 19.6 Å². The minimum Gasteiger partial charge on any atom is -1.00 e. The summed E-state index contributed by atoms with van der Waals surface area (Å²) in [6.45, 7) is 1.82. The van der Waals surface area contributed by atoms with E-state index in [-0.39, 0.29) is 17.0 Å². The Morgan fingerprint density at radius 3 is 2.27 bits per heavy atom. The summed E-state index contributed by atoms with van der Waals surface area (Å²) in [6, 6.07) is 5.52. The van der Waals surface area contributed by atoms with Crippen molar-refractivity contribution < 1.29 is 25.9 Å². The van der Waals surface area contributed by atoms with E-state index in [0.29, 0.717) is 6.42 Å². The van der Waals surface area contributed by atoms with Crippen LogP contribution >= 0.6 is 0 Å². The molecule has 3 heteroatoms. The van der Waals surface area contributed by atoms with Crippen LogP contribution in [-0.4, -0.2) is 0 Å². The lowest BCUT2D eigenvalue weighted by Crippen LogP contribution is -3.00. The standard InChI is InChI=1S/C8H11FN.BrH/c1-2-8(9)10-6-4-3-5-7-10;/h3-8H,2H2,1H3;1H/q+1;/p-1. The lowest BCUT2D eigenvalue weighted by atomic mass is 10.4. The van der Waals surface area contributed by atoms with Gasteiger partial charge in [-0.2, -0.15) is 8.96 Å². The monoisotopic (exact) mass is 219 g/mol. The molecular weight excluding hydrogens is 209 g/mol. The smallest absolute Gasteiger partial charge is 0.298 e. The van der Waals surface area contributed by atoms with E-state index >= 15 is 0 Å². The molecule has 0 bridgehead atoms. The summed E-state index contributed by atoms with van der Waals surface area (Å²) in [5, 5.41) is 0. The first-order valence-corrected chi connectivity index (χ1v) is 3.44. The fourth-order valence-electron chi connectivity index (χ4n) is 0.810. The lowest BCUT2D eigenvalue weighted by molar-refractivity contribution is -0.747. The molecule has 0 fully saturated rings. The summed E-state index contributed by atoms with van der Waals surface area (Å²) < 4.78 is 14.4. The molecule has 11 heavy (non-hydrogen) atoms. The Morgan fingerprint density at radius 2 is 1.82 bits per heavy atom. The van der Waals surface area contributed by atoms with E-state index in [1.54, 1.807) is 17.0 Å². The molecule has 0 amide bonds. The SMILES string of the molecule is CCC(F)[n+]1ccccc1.[Br-]. The Morgan fingerprint density at radius 1 is 1.27 bits per heavy atom. The van der Waals surface area contributed by atoms with Crippen molar-refractivity contribution in [2.75, 3.05) is 0 Å². The number of aromatic nitrogens is 1. The molecular formula is C8H11BrFN. The molecule has 0 aliphatic rings. The molecule has 62 valence electrons. The molecule has 0 aliphatic carbocycles. The van der Waals surface area contributed by atoms with Crippen molar-refractivity contribution in [3.05, 3.63) is 30.6 Å². The summed E-state index contributed by atoms with van der Waals surface area (Å²) in [6.07, 6.45) is 3.11. The molecule has 0 saturated carbocycles. The van der Waals surface area contributed by atoms with Crippen LogP contribution in [0, 0.1) is 0 Å². The highest BCUT2D eigenvalue weighted by atomic mass is 79.9. The van der Waals surface area contributed by atoms with Gasteiger partial charge in [-0.25, -0.2) is 0 Å². The number of nitrogens with zero attached hydrogens (tertiary/aromatic N) is 1. The molecule has 0 aromatic carbocycles. The van der Waals surface area contributed by atoms with Gasteiger partial charge in [0.2, 0.25) is 0 Å². The van der Waals surface area contributed by atoms with Crippen molar-refractivity contribution in [1.82, 2.24) is 0 Å². The summed E-state index contributed by atoms with van der Waals surface area (Å²) in [4.78, 5) is 0. The molecule has 0 saturated heterocycles. The Kier molecular flexibility index (Phi) is 5.03. The number of hydrogen-bond acceptors (Lipinski definition) is 0. The first-order valence-electron chi connectivity index (χ1n) is 3.44. The molecule has 0 spiro atoms. The van der Waals surface area contributed by atoms with Gasteiger partial charge in [-0.05, 0) is 0 Å². The van der Waals surface area contributed by atoms with Crippen LogP contribution in [0.3, 0.4) is 0 Å². The second kappa shape index (κ2) is 5.24. The van der Waals surface area contributed by atoms with Crippen LogP contribution in [0.2, 0.25) is 0 Å². The number of pyridine rings is 1. The lowest BCUT2D eigenvalue weighted by Gasteiger charge is -1.97. The van der Waals surface area contributed by atoms with Gasteiger partial charge in [0.25, 0.3) is 6.30 Å². The fraction of sp³-hybridized carbons (Fsp3) is 0.375. The minimum atomic E-state index is -0.874. The van der Waals surface area contributed by atoms with E-state index in [4.69, 9.17) is 0 Å². The molecule has 0 aliphatic heterocycles.